The molecule has 0 amide bonds. The molecule has 0 aromatic heterocycles. The van der Waals surface area contributed by atoms with Crippen LogP contribution in [0.3, 0.4) is 0 Å². The fourth-order valence-corrected chi connectivity index (χ4v) is 4.53. The van der Waals surface area contributed by atoms with Crippen LogP contribution in [-0.2, 0) is 22.3 Å². The fraction of sp³-hybridized carbons (Fsp3) is 0.286. The number of alkyl halides is 3. The number of Topliss-reactive ketones (excluding diaryl/α,β-unsaturated/α-hetero) is 1. The van der Waals surface area contributed by atoms with Crippen LogP contribution in [0, 0.1) is 16.0 Å². The molecule has 0 radical (unpaired) electrons. The largest absolute Gasteiger partial charge is 0.459 e. The van der Waals surface area contributed by atoms with Crippen LogP contribution >= 0.6 is 0 Å². The first-order valence-corrected chi connectivity index (χ1v) is 11.8. The molecule has 0 spiro atoms. The van der Waals surface area contributed by atoms with E-state index >= 15 is 0 Å². The quantitative estimate of drug-likeness (QED) is 0.163. The number of anilines is 1. The van der Waals surface area contributed by atoms with Crippen molar-refractivity contribution in [3.63, 3.8) is 0 Å². The van der Waals surface area contributed by atoms with Gasteiger partial charge in [-0.05, 0) is 50.1 Å². The molecule has 1 aliphatic heterocycles. The van der Waals surface area contributed by atoms with E-state index in [0.717, 1.165) is 23.8 Å². The summed E-state index contributed by atoms with van der Waals surface area (Å²) in [4.78, 5) is 39.8. The van der Waals surface area contributed by atoms with E-state index < -0.39 is 46.0 Å². The van der Waals surface area contributed by atoms with Crippen molar-refractivity contribution >= 4 is 23.1 Å². The van der Waals surface area contributed by atoms with Gasteiger partial charge in [0.05, 0.1) is 16.5 Å². The zero-order valence-electron chi connectivity index (χ0n) is 20.9. The maximum atomic E-state index is 13.8. The summed E-state index contributed by atoms with van der Waals surface area (Å²) in [6.07, 6.45) is -4.57. The Morgan fingerprint density at radius 2 is 1.63 bits per heavy atom. The maximum absolute atomic E-state index is 13.8. The van der Waals surface area contributed by atoms with Gasteiger partial charge in [-0.15, -0.1) is 0 Å². The predicted octanol–water partition coefficient (Wildman–Crippen LogP) is 6.52. The normalized spacial score (nSPS) is 17.6. The molecule has 198 valence electrons. The first-order chi connectivity index (χ1) is 17.8. The van der Waals surface area contributed by atoms with Crippen molar-refractivity contribution in [3.8, 4) is 0 Å². The minimum atomic E-state index is -4.57. The van der Waals surface area contributed by atoms with Crippen LogP contribution in [-0.4, -0.2) is 22.3 Å². The Bertz CT molecular complexity index is 1370. The highest BCUT2D eigenvalue weighted by Gasteiger charge is 2.47. The summed E-state index contributed by atoms with van der Waals surface area (Å²) in [5.74, 6) is -3.06. The van der Waals surface area contributed by atoms with Crippen molar-refractivity contribution < 1.29 is 32.4 Å². The van der Waals surface area contributed by atoms with Gasteiger partial charge in [-0.1, -0.05) is 42.5 Å². The monoisotopic (exact) mass is 526 g/mol. The number of halogens is 3. The van der Waals surface area contributed by atoms with Crippen molar-refractivity contribution in [3.05, 3.63) is 105 Å². The third kappa shape index (κ3) is 5.53. The Morgan fingerprint density at radius 3 is 2.18 bits per heavy atom. The molecule has 10 heteroatoms. The van der Waals surface area contributed by atoms with Gasteiger partial charge in [0.1, 0.15) is 11.5 Å². The summed E-state index contributed by atoms with van der Waals surface area (Å²) in [5, 5.41) is 11.5. The molecular weight excluding hydrogens is 501 g/mol. The van der Waals surface area contributed by atoms with E-state index in [1.165, 1.54) is 24.3 Å². The number of hydrogen-bond acceptors (Lipinski definition) is 6. The molecule has 3 aromatic rings. The number of carbonyl (C=O) groups is 2. The van der Waals surface area contributed by atoms with Crippen LogP contribution in [0.15, 0.2) is 72.8 Å². The molecule has 4 rings (SSSR count). The summed E-state index contributed by atoms with van der Waals surface area (Å²) >= 11 is 0. The van der Waals surface area contributed by atoms with Gasteiger partial charge < -0.3 is 9.64 Å². The molecule has 7 nitrogen and oxygen atoms in total. The lowest BCUT2D eigenvalue weighted by Gasteiger charge is -2.42. The summed E-state index contributed by atoms with van der Waals surface area (Å²) in [6.45, 7) is 5.06. The van der Waals surface area contributed by atoms with E-state index in [1.54, 1.807) is 37.8 Å². The van der Waals surface area contributed by atoms with Crippen LogP contribution < -0.4 is 4.90 Å². The molecule has 0 fully saturated rings. The van der Waals surface area contributed by atoms with Crippen molar-refractivity contribution in [2.45, 2.75) is 45.1 Å². The molecule has 38 heavy (non-hydrogen) atoms. The van der Waals surface area contributed by atoms with Gasteiger partial charge in [0, 0.05) is 29.9 Å². The number of nitro groups is 1. The lowest BCUT2D eigenvalue weighted by atomic mass is 9.80. The molecular formula is C28H25F3N2O5. The molecule has 1 heterocycles. The lowest BCUT2D eigenvalue weighted by molar-refractivity contribution is -0.384. The van der Waals surface area contributed by atoms with Gasteiger partial charge in [-0.2, -0.15) is 13.2 Å². The van der Waals surface area contributed by atoms with Crippen LogP contribution in [0.4, 0.5) is 24.5 Å². The minimum Gasteiger partial charge on any atom is -0.459 e. The highest BCUT2D eigenvalue weighted by atomic mass is 19.4. The smallest absolute Gasteiger partial charge is 0.416 e. The van der Waals surface area contributed by atoms with Gasteiger partial charge in [-0.3, -0.25) is 19.7 Å². The van der Waals surface area contributed by atoms with Crippen molar-refractivity contribution in [1.82, 2.24) is 0 Å². The van der Waals surface area contributed by atoms with Gasteiger partial charge >= 0.3 is 12.1 Å². The number of nitrogens with zero attached hydrogens (tertiary/aromatic N) is 2. The Morgan fingerprint density at radius 1 is 1.00 bits per heavy atom. The number of fused-ring (bicyclic) bond motifs is 1. The van der Waals surface area contributed by atoms with Gasteiger partial charge in [0.25, 0.3) is 5.69 Å². The Hall–Kier alpha value is -4.21. The molecule has 3 aromatic carbocycles. The number of hydrogen-bond donors (Lipinski definition) is 0. The second-order valence-corrected chi connectivity index (χ2v) is 10.0. The van der Waals surface area contributed by atoms with E-state index in [4.69, 9.17) is 4.74 Å². The SMILES string of the molecule is CC(C)(C)OC(=O)C1C(=O)c2cc([N+](=O)[O-])ccc2N(Cc2ccccc2)C1c1ccc(C(F)(F)F)cc1. The molecule has 0 bridgehead atoms. The van der Waals surface area contributed by atoms with E-state index in [-0.39, 0.29) is 17.8 Å². The Balaban J connectivity index is 1.93. The van der Waals surface area contributed by atoms with E-state index in [2.05, 4.69) is 0 Å². The Labute approximate surface area is 217 Å². The molecule has 0 saturated heterocycles. The van der Waals surface area contributed by atoms with Gasteiger partial charge in [0.2, 0.25) is 0 Å². The fourth-order valence-electron chi connectivity index (χ4n) is 4.53. The van der Waals surface area contributed by atoms with Crippen LogP contribution in [0.1, 0.15) is 53.9 Å². The first kappa shape index (κ1) is 26.8. The van der Waals surface area contributed by atoms with Gasteiger partial charge in [-0.25, -0.2) is 0 Å². The molecule has 2 unspecified atom stereocenters. The summed E-state index contributed by atoms with van der Waals surface area (Å²) in [5.41, 5.74) is -0.776. The number of ether oxygens (including phenoxy) is 1. The van der Waals surface area contributed by atoms with Crippen molar-refractivity contribution in [2.24, 2.45) is 5.92 Å². The maximum Gasteiger partial charge on any atom is 0.416 e. The van der Waals surface area contributed by atoms with E-state index in [1.807, 2.05) is 18.2 Å². The number of ketones is 1. The topological polar surface area (TPSA) is 89.8 Å². The molecule has 0 N–H and O–H groups in total. The van der Waals surface area contributed by atoms with E-state index in [9.17, 15) is 32.9 Å². The molecule has 1 aliphatic rings. The second kappa shape index (κ2) is 9.92. The summed E-state index contributed by atoms with van der Waals surface area (Å²) in [7, 11) is 0. The van der Waals surface area contributed by atoms with E-state index in [0.29, 0.717) is 11.3 Å². The highest BCUT2D eigenvalue weighted by Crippen LogP contribution is 2.45. The predicted molar refractivity (Wildman–Crippen MR) is 134 cm³/mol. The van der Waals surface area contributed by atoms with Gasteiger partial charge in [0.15, 0.2) is 5.78 Å². The zero-order chi connectivity index (χ0) is 27.8. The van der Waals surface area contributed by atoms with Crippen LogP contribution in [0.5, 0.6) is 0 Å². The zero-order valence-corrected chi connectivity index (χ0v) is 20.9. The van der Waals surface area contributed by atoms with Crippen molar-refractivity contribution in [2.75, 3.05) is 4.90 Å². The standard InChI is InChI=1S/C28H25F3N2O5/c1-27(2,3)38-26(35)23-24(18-9-11-19(12-10-18)28(29,30)31)32(16-17-7-5-4-6-8-17)22-14-13-20(33(36)37)15-21(22)25(23)34/h4-15,23-24H,16H2,1-3H3. The second-order valence-electron chi connectivity index (χ2n) is 10.0. The average molecular weight is 527 g/mol. The minimum absolute atomic E-state index is 0.0332. The average Bonchev–Trinajstić information content (AvgIpc) is 2.84. The number of esters is 1. The lowest BCUT2D eigenvalue weighted by Crippen LogP contribution is -2.47. The third-order valence-electron chi connectivity index (χ3n) is 6.14. The molecule has 0 aliphatic carbocycles. The van der Waals surface area contributed by atoms with Crippen molar-refractivity contribution in [1.29, 1.82) is 0 Å². The number of carbonyl (C=O) groups excluding carboxylic acids is 2. The number of benzene rings is 3. The molecule has 2 atom stereocenters. The number of non-ortho nitro benzene ring substituents is 1. The van der Waals surface area contributed by atoms with Crippen LogP contribution in [0.2, 0.25) is 0 Å². The highest BCUT2D eigenvalue weighted by molar-refractivity contribution is 6.14. The summed E-state index contributed by atoms with van der Waals surface area (Å²) < 4.78 is 45.4. The number of nitro benzene ring substituents is 1. The number of rotatable bonds is 5. The first-order valence-electron chi connectivity index (χ1n) is 11.8. The molecule has 0 saturated carbocycles. The third-order valence-corrected chi connectivity index (χ3v) is 6.14. The Kier molecular flexibility index (Phi) is 7.01. The van der Waals surface area contributed by atoms with Crippen LogP contribution in [0.25, 0.3) is 0 Å². The summed E-state index contributed by atoms with van der Waals surface area (Å²) in [6, 6.07) is 16.1.